The van der Waals surface area contributed by atoms with Crippen LogP contribution in [0.3, 0.4) is 0 Å². The molecule has 0 radical (unpaired) electrons. The van der Waals surface area contributed by atoms with Crippen LogP contribution in [-0.2, 0) is 0 Å². The van der Waals surface area contributed by atoms with Crippen LogP contribution in [0, 0.1) is 6.92 Å². The lowest BCUT2D eigenvalue weighted by Gasteiger charge is -2.23. The summed E-state index contributed by atoms with van der Waals surface area (Å²) in [6, 6.07) is 5.32. The van der Waals surface area contributed by atoms with Crippen molar-refractivity contribution in [2.75, 3.05) is 39.3 Å². The Hall–Kier alpha value is -1.14. The molecule has 1 heterocycles. The Labute approximate surface area is 136 Å². The van der Waals surface area contributed by atoms with Crippen LogP contribution < -0.4 is 0 Å². The molecule has 1 aliphatic rings. The third kappa shape index (κ3) is 4.43. The zero-order chi connectivity index (χ0) is 16.1. The van der Waals surface area contributed by atoms with Crippen molar-refractivity contribution in [1.29, 1.82) is 0 Å². The first kappa shape index (κ1) is 17.2. The highest BCUT2D eigenvalue weighted by atomic mass is 35.5. The maximum absolute atomic E-state index is 12.6. The van der Waals surface area contributed by atoms with E-state index in [1.54, 1.807) is 18.2 Å². The Balaban J connectivity index is 1.99. The lowest BCUT2D eigenvalue weighted by molar-refractivity contribution is 0.0593. The number of aliphatic hydroxyl groups excluding tert-OH is 2. The number of benzene rings is 1. The van der Waals surface area contributed by atoms with E-state index in [9.17, 15) is 9.90 Å². The van der Waals surface area contributed by atoms with Crippen molar-refractivity contribution in [3.63, 3.8) is 0 Å². The number of carbonyl (C=O) groups is 1. The fourth-order valence-corrected chi connectivity index (χ4v) is 2.98. The molecular formula is C16H23ClN2O3. The van der Waals surface area contributed by atoms with E-state index in [1.165, 1.54) is 0 Å². The molecule has 2 N–H and O–H groups in total. The third-order valence-electron chi connectivity index (χ3n) is 3.97. The number of aliphatic hydroxyl groups is 2. The number of β-amino-alcohol motifs (C(OH)–C–C–N with tert-alkyl or cyclic N) is 1. The average Bonchev–Trinajstić information content (AvgIpc) is 2.72. The highest BCUT2D eigenvalue weighted by Gasteiger charge is 2.22. The first-order valence-electron chi connectivity index (χ1n) is 7.58. The molecular weight excluding hydrogens is 304 g/mol. The van der Waals surface area contributed by atoms with E-state index in [0.717, 1.165) is 18.5 Å². The summed E-state index contributed by atoms with van der Waals surface area (Å²) in [6.45, 7) is 4.95. The molecule has 1 aromatic carbocycles. The van der Waals surface area contributed by atoms with Gasteiger partial charge in [-0.25, -0.2) is 0 Å². The molecule has 122 valence electrons. The summed E-state index contributed by atoms with van der Waals surface area (Å²) in [5, 5.41) is 19.1. The third-order valence-corrected chi connectivity index (χ3v) is 4.21. The molecule has 1 saturated heterocycles. The van der Waals surface area contributed by atoms with Crippen LogP contribution in [0.25, 0.3) is 0 Å². The summed E-state index contributed by atoms with van der Waals surface area (Å²) in [5.41, 5.74) is 1.57. The van der Waals surface area contributed by atoms with Gasteiger partial charge < -0.3 is 15.1 Å². The van der Waals surface area contributed by atoms with E-state index < -0.39 is 6.10 Å². The number of aryl methyl sites for hydroxylation is 1. The molecule has 1 aromatic rings. The zero-order valence-corrected chi connectivity index (χ0v) is 13.6. The lowest BCUT2D eigenvalue weighted by Crippen LogP contribution is -2.38. The fraction of sp³-hybridized carbons (Fsp3) is 0.562. The normalized spacial score (nSPS) is 18.1. The van der Waals surface area contributed by atoms with Gasteiger partial charge >= 0.3 is 0 Å². The Morgan fingerprint density at radius 3 is 2.77 bits per heavy atom. The molecule has 1 atom stereocenters. The molecule has 1 unspecified atom stereocenters. The van der Waals surface area contributed by atoms with Gasteiger partial charge in [0.2, 0.25) is 0 Å². The van der Waals surface area contributed by atoms with E-state index in [-0.39, 0.29) is 12.5 Å². The standard InChI is InChI=1S/C16H23ClN2O3/c1-12-9-13(17)3-4-15(12)16(22)19-6-2-5-18(7-8-19)10-14(21)11-20/h3-4,9,14,20-21H,2,5-8,10-11H2,1H3. The van der Waals surface area contributed by atoms with Gasteiger partial charge in [0.15, 0.2) is 0 Å². The first-order chi connectivity index (χ1) is 10.5. The Kier molecular flexibility index (Phi) is 6.20. The van der Waals surface area contributed by atoms with Gasteiger partial charge in [-0.3, -0.25) is 9.69 Å². The van der Waals surface area contributed by atoms with Crippen molar-refractivity contribution < 1.29 is 15.0 Å². The van der Waals surface area contributed by atoms with Gasteiger partial charge in [-0.1, -0.05) is 11.6 Å². The van der Waals surface area contributed by atoms with Crippen LogP contribution in [0.2, 0.25) is 5.02 Å². The van der Waals surface area contributed by atoms with Crippen molar-refractivity contribution in [2.45, 2.75) is 19.4 Å². The summed E-state index contributed by atoms with van der Waals surface area (Å²) in [6.07, 6.45) is 0.136. The minimum absolute atomic E-state index is 0.0266. The van der Waals surface area contributed by atoms with Crippen LogP contribution in [0.4, 0.5) is 0 Å². The van der Waals surface area contributed by atoms with Crippen molar-refractivity contribution in [2.24, 2.45) is 0 Å². The number of rotatable bonds is 4. The van der Waals surface area contributed by atoms with Gasteiger partial charge in [0, 0.05) is 36.8 Å². The Bertz CT molecular complexity index is 524. The van der Waals surface area contributed by atoms with Crippen molar-refractivity contribution in [1.82, 2.24) is 9.80 Å². The molecule has 6 heteroatoms. The minimum atomic E-state index is -0.722. The Morgan fingerprint density at radius 1 is 1.32 bits per heavy atom. The second-order valence-corrected chi connectivity index (χ2v) is 6.18. The fourth-order valence-electron chi connectivity index (χ4n) is 2.75. The van der Waals surface area contributed by atoms with Gasteiger partial charge in [-0.15, -0.1) is 0 Å². The SMILES string of the molecule is Cc1cc(Cl)ccc1C(=O)N1CCCN(CC(O)CO)CC1. The van der Waals surface area contributed by atoms with Gasteiger partial charge in [-0.2, -0.15) is 0 Å². The molecule has 0 spiro atoms. The van der Waals surface area contributed by atoms with Gasteiger partial charge in [-0.05, 0) is 43.7 Å². The van der Waals surface area contributed by atoms with Crippen LogP contribution in [0.15, 0.2) is 18.2 Å². The topological polar surface area (TPSA) is 64.0 Å². The molecule has 1 amide bonds. The number of halogens is 1. The predicted molar refractivity (Wildman–Crippen MR) is 86.2 cm³/mol. The Morgan fingerprint density at radius 2 is 2.09 bits per heavy atom. The molecule has 22 heavy (non-hydrogen) atoms. The van der Waals surface area contributed by atoms with Gasteiger partial charge in [0.05, 0.1) is 12.7 Å². The number of hydrogen-bond acceptors (Lipinski definition) is 4. The van der Waals surface area contributed by atoms with Gasteiger partial charge in [0.1, 0.15) is 0 Å². The highest BCUT2D eigenvalue weighted by molar-refractivity contribution is 6.30. The van der Waals surface area contributed by atoms with E-state index in [0.29, 0.717) is 36.8 Å². The molecule has 1 aliphatic heterocycles. The smallest absolute Gasteiger partial charge is 0.254 e. The van der Waals surface area contributed by atoms with Crippen molar-refractivity contribution in [3.05, 3.63) is 34.3 Å². The summed E-state index contributed by atoms with van der Waals surface area (Å²) < 4.78 is 0. The number of nitrogens with zero attached hydrogens (tertiary/aromatic N) is 2. The van der Waals surface area contributed by atoms with E-state index in [4.69, 9.17) is 16.7 Å². The first-order valence-corrected chi connectivity index (χ1v) is 7.95. The lowest BCUT2D eigenvalue weighted by atomic mass is 10.1. The summed E-state index contributed by atoms with van der Waals surface area (Å²) in [7, 11) is 0. The molecule has 2 rings (SSSR count). The quantitative estimate of drug-likeness (QED) is 0.871. The highest BCUT2D eigenvalue weighted by Crippen LogP contribution is 2.18. The molecule has 0 aliphatic carbocycles. The number of carbonyl (C=O) groups excluding carboxylic acids is 1. The monoisotopic (exact) mass is 326 g/mol. The van der Waals surface area contributed by atoms with Crippen LogP contribution in [0.5, 0.6) is 0 Å². The molecule has 0 aromatic heterocycles. The minimum Gasteiger partial charge on any atom is -0.394 e. The summed E-state index contributed by atoms with van der Waals surface area (Å²) in [4.78, 5) is 16.6. The molecule has 0 saturated carbocycles. The summed E-state index contributed by atoms with van der Waals surface area (Å²) in [5.74, 6) is 0.0266. The van der Waals surface area contributed by atoms with E-state index in [2.05, 4.69) is 4.90 Å². The average molecular weight is 327 g/mol. The summed E-state index contributed by atoms with van der Waals surface area (Å²) >= 11 is 5.94. The maximum atomic E-state index is 12.6. The zero-order valence-electron chi connectivity index (χ0n) is 12.8. The number of hydrogen-bond donors (Lipinski definition) is 2. The molecule has 0 bridgehead atoms. The molecule has 1 fully saturated rings. The predicted octanol–water partition coefficient (Wildman–Crippen LogP) is 1.15. The maximum Gasteiger partial charge on any atom is 0.254 e. The molecule has 5 nitrogen and oxygen atoms in total. The second kappa shape index (κ2) is 7.92. The van der Waals surface area contributed by atoms with Crippen LogP contribution >= 0.6 is 11.6 Å². The van der Waals surface area contributed by atoms with Crippen molar-refractivity contribution >= 4 is 17.5 Å². The largest absolute Gasteiger partial charge is 0.394 e. The van der Waals surface area contributed by atoms with Crippen LogP contribution in [0.1, 0.15) is 22.3 Å². The second-order valence-electron chi connectivity index (χ2n) is 5.74. The van der Waals surface area contributed by atoms with Crippen molar-refractivity contribution in [3.8, 4) is 0 Å². The number of amides is 1. The van der Waals surface area contributed by atoms with E-state index >= 15 is 0 Å². The van der Waals surface area contributed by atoms with Crippen LogP contribution in [-0.4, -0.2) is 71.4 Å². The van der Waals surface area contributed by atoms with Gasteiger partial charge in [0.25, 0.3) is 5.91 Å². The van der Waals surface area contributed by atoms with E-state index in [1.807, 2.05) is 11.8 Å².